The maximum atomic E-state index is 13.0. The van der Waals surface area contributed by atoms with Crippen molar-refractivity contribution in [3.8, 4) is 0 Å². The molecule has 1 fully saturated rings. The number of carbonyl (C=O) groups is 1. The van der Waals surface area contributed by atoms with Crippen LogP contribution in [0.25, 0.3) is 0 Å². The predicted molar refractivity (Wildman–Crippen MR) is 78.1 cm³/mol. The van der Waals surface area contributed by atoms with Gasteiger partial charge in [0.1, 0.15) is 5.82 Å². The fourth-order valence-corrected chi connectivity index (χ4v) is 2.99. The number of likely N-dealkylation sites (tertiary alicyclic amines) is 1. The number of halogens is 2. The highest BCUT2D eigenvalue weighted by Gasteiger charge is 2.18. The van der Waals surface area contributed by atoms with Crippen molar-refractivity contribution in [3.63, 3.8) is 0 Å². The van der Waals surface area contributed by atoms with Gasteiger partial charge >= 0.3 is 0 Å². The summed E-state index contributed by atoms with van der Waals surface area (Å²) in [6, 6.07) is 4.37. The van der Waals surface area contributed by atoms with E-state index in [1.807, 2.05) is 27.5 Å². The molecule has 0 spiro atoms. The summed E-state index contributed by atoms with van der Waals surface area (Å²) in [6.07, 6.45) is 5.82. The van der Waals surface area contributed by atoms with Gasteiger partial charge in [-0.1, -0.05) is 19.3 Å². The number of benzene rings is 1. The molecule has 4 heteroatoms. The van der Waals surface area contributed by atoms with Crippen LogP contribution >= 0.6 is 22.6 Å². The zero-order valence-electron chi connectivity index (χ0n) is 10.3. The predicted octanol–water partition coefficient (Wildman–Crippen LogP) is 3.84. The molecule has 0 aromatic heterocycles. The van der Waals surface area contributed by atoms with Gasteiger partial charge in [0.15, 0.2) is 0 Å². The summed E-state index contributed by atoms with van der Waals surface area (Å²) in [6.45, 7) is 1.65. The molecule has 0 aliphatic carbocycles. The van der Waals surface area contributed by atoms with E-state index in [2.05, 4.69) is 0 Å². The van der Waals surface area contributed by atoms with Gasteiger partial charge in [0.25, 0.3) is 5.91 Å². The van der Waals surface area contributed by atoms with E-state index in [1.165, 1.54) is 31.4 Å². The molecule has 1 saturated heterocycles. The quantitative estimate of drug-likeness (QED) is 0.696. The molecule has 98 valence electrons. The van der Waals surface area contributed by atoms with Crippen LogP contribution in [-0.4, -0.2) is 23.9 Å². The Bertz CT molecular complexity index is 428. The van der Waals surface area contributed by atoms with Crippen molar-refractivity contribution in [1.29, 1.82) is 0 Å². The second kappa shape index (κ2) is 6.50. The van der Waals surface area contributed by atoms with Crippen LogP contribution in [0.5, 0.6) is 0 Å². The van der Waals surface area contributed by atoms with E-state index in [0.29, 0.717) is 9.13 Å². The van der Waals surface area contributed by atoms with E-state index in [1.54, 1.807) is 6.07 Å². The normalized spacial score (nSPS) is 17.1. The Labute approximate surface area is 121 Å². The third-order valence-electron chi connectivity index (χ3n) is 3.30. The smallest absolute Gasteiger partial charge is 0.254 e. The Morgan fingerprint density at radius 2 is 1.72 bits per heavy atom. The fraction of sp³-hybridized carbons (Fsp3) is 0.500. The van der Waals surface area contributed by atoms with Gasteiger partial charge < -0.3 is 4.90 Å². The summed E-state index contributed by atoms with van der Waals surface area (Å²) in [5.41, 5.74) is 0.623. The molecule has 1 aromatic rings. The molecule has 2 nitrogen and oxygen atoms in total. The van der Waals surface area contributed by atoms with Crippen molar-refractivity contribution in [2.75, 3.05) is 13.1 Å². The Kier molecular flexibility index (Phi) is 4.97. The third kappa shape index (κ3) is 3.43. The Balaban J connectivity index is 2.13. The Hall–Kier alpha value is -0.650. The van der Waals surface area contributed by atoms with Gasteiger partial charge in [-0.15, -0.1) is 0 Å². The zero-order chi connectivity index (χ0) is 13.0. The van der Waals surface area contributed by atoms with E-state index in [0.717, 1.165) is 25.9 Å². The van der Waals surface area contributed by atoms with Crippen LogP contribution in [0.3, 0.4) is 0 Å². The van der Waals surface area contributed by atoms with Crippen LogP contribution in [0.4, 0.5) is 4.39 Å². The lowest BCUT2D eigenvalue weighted by Gasteiger charge is -2.25. The summed E-state index contributed by atoms with van der Waals surface area (Å²) in [7, 11) is 0. The van der Waals surface area contributed by atoms with E-state index in [4.69, 9.17) is 0 Å². The highest BCUT2D eigenvalue weighted by molar-refractivity contribution is 14.1. The highest BCUT2D eigenvalue weighted by atomic mass is 127. The summed E-state index contributed by atoms with van der Waals surface area (Å²) < 4.78 is 13.7. The van der Waals surface area contributed by atoms with Gasteiger partial charge in [-0.3, -0.25) is 4.79 Å². The largest absolute Gasteiger partial charge is 0.339 e. The molecule has 1 aliphatic rings. The van der Waals surface area contributed by atoms with E-state index in [9.17, 15) is 9.18 Å². The van der Waals surface area contributed by atoms with Crippen molar-refractivity contribution in [2.24, 2.45) is 0 Å². The molecule has 1 amide bonds. The van der Waals surface area contributed by atoms with Crippen LogP contribution < -0.4 is 0 Å². The summed E-state index contributed by atoms with van der Waals surface area (Å²) >= 11 is 2.03. The fourth-order valence-electron chi connectivity index (χ4n) is 2.28. The maximum absolute atomic E-state index is 13.0. The van der Waals surface area contributed by atoms with Gasteiger partial charge in [-0.05, 0) is 53.6 Å². The number of hydrogen-bond acceptors (Lipinski definition) is 1. The number of rotatable bonds is 1. The van der Waals surface area contributed by atoms with Crippen LogP contribution in [0.15, 0.2) is 18.2 Å². The van der Waals surface area contributed by atoms with Gasteiger partial charge in [0, 0.05) is 16.7 Å². The molecule has 2 rings (SSSR count). The average molecular weight is 361 g/mol. The first-order valence-electron chi connectivity index (χ1n) is 6.43. The second-order valence-electron chi connectivity index (χ2n) is 4.68. The molecule has 0 saturated carbocycles. The van der Waals surface area contributed by atoms with Gasteiger partial charge in [0.2, 0.25) is 0 Å². The summed E-state index contributed by atoms with van der Waals surface area (Å²) in [5.74, 6) is -0.245. The number of carbonyl (C=O) groups excluding carboxylic acids is 1. The van der Waals surface area contributed by atoms with E-state index in [-0.39, 0.29) is 11.7 Å². The molecule has 0 radical (unpaired) electrons. The average Bonchev–Trinajstić information content (AvgIpc) is 2.27. The maximum Gasteiger partial charge on any atom is 0.254 e. The Morgan fingerprint density at radius 3 is 2.33 bits per heavy atom. The molecule has 1 aliphatic heterocycles. The number of hydrogen-bond donors (Lipinski definition) is 0. The molecule has 0 N–H and O–H groups in total. The van der Waals surface area contributed by atoms with Crippen LogP contribution in [-0.2, 0) is 0 Å². The number of amides is 1. The van der Waals surface area contributed by atoms with E-state index >= 15 is 0 Å². The highest BCUT2D eigenvalue weighted by Crippen LogP contribution is 2.18. The molecule has 0 unspecified atom stereocenters. The van der Waals surface area contributed by atoms with Crippen LogP contribution in [0, 0.1) is 9.39 Å². The van der Waals surface area contributed by atoms with Gasteiger partial charge in [0.05, 0.1) is 5.56 Å². The van der Waals surface area contributed by atoms with Gasteiger partial charge in [-0.25, -0.2) is 4.39 Å². The zero-order valence-corrected chi connectivity index (χ0v) is 12.5. The summed E-state index contributed by atoms with van der Waals surface area (Å²) in [4.78, 5) is 14.3. The molecular formula is C14H17FINO. The first-order valence-corrected chi connectivity index (χ1v) is 7.50. The van der Waals surface area contributed by atoms with Crippen molar-refractivity contribution < 1.29 is 9.18 Å². The van der Waals surface area contributed by atoms with E-state index < -0.39 is 0 Å². The van der Waals surface area contributed by atoms with Crippen molar-refractivity contribution in [3.05, 3.63) is 33.1 Å². The first-order chi connectivity index (χ1) is 8.68. The van der Waals surface area contributed by atoms with Crippen LogP contribution in [0.1, 0.15) is 42.5 Å². The molecule has 18 heavy (non-hydrogen) atoms. The number of nitrogens with zero attached hydrogens (tertiary/aromatic N) is 1. The standard InChI is InChI=1S/C14H17FINO/c15-11-6-7-12(13(16)10-11)14(18)17-8-4-2-1-3-5-9-17/h6-7,10H,1-5,8-9H2. The van der Waals surface area contributed by atoms with Crippen LogP contribution in [0.2, 0.25) is 0 Å². The minimum atomic E-state index is -0.288. The minimum absolute atomic E-state index is 0.0429. The van der Waals surface area contributed by atoms with Crippen molar-refractivity contribution in [2.45, 2.75) is 32.1 Å². The summed E-state index contributed by atoms with van der Waals surface area (Å²) in [5, 5.41) is 0. The second-order valence-corrected chi connectivity index (χ2v) is 5.85. The first kappa shape index (κ1) is 13.8. The SMILES string of the molecule is O=C(c1ccc(F)cc1I)N1CCCCCCC1. The third-order valence-corrected chi connectivity index (χ3v) is 4.20. The molecule has 0 bridgehead atoms. The molecule has 0 atom stereocenters. The lowest BCUT2D eigenvalue weighted by molar-refractivity contribution is 0.0741. The van der Waals surface area contributed by atoms with Crippen molar-refractivity contribution >= 4 is 28.5 Å². The lowest BCUT2D eigenvalue weighted by atomic mass is 10.1. The molecule has 1 heterocycles. The lowest BCUT2D eigenvalue weighted by Crippen LogP contribution is -2.34. The van der Waals surface area contributed by atoms with Gasteiger partial charge in [-0.2, -0.15) is 0 Å². The Morgan fingerprint density at radius 1 is 1.11 bits per heavy atom. The molecule has 1 aromatic carbocycles. The minimum Gasteiger partial charge on any atom is -0.339 e. The molecular weight excluding hydrogens is 344 g/mol. The van der Waals surface area contributed by atoms with Crippen molar-refractivity contribution in [1.82, 2.24) is 4.90 Å². The monoisotopic (exact) mass is 361 g/mol. The topological polar surface area (TPSA) is 20.3 Å².